The van der Waals surface area contributed by atoms with Gasteiger partial charge in [-0.15, -0.1) is 24.0 Å². The minimum absolute atomic E-state index is 0. The molecule has 7 nitrogen and oxygen atoms in total. The normalized spacial score (nSPS) is 11.7. The fourth-order valence-electron chi connectivity index (χ4n) is 2.42. The number of guanidine groups is 1. The third kappa shape index (κ3) is 7.51. The average Bonchev–Trinajstić information content (AvgIpc) is 3.12. The van der Waals surface area contributed by atoms with Crippen LogP contribution in [-0.2, 0) is 16.4 Å². The summed E-state index contributed by atoms with van der Waals surface area (Å²) >= 11 is 0. The van der Waals surface area contributed by atoms with Gasteiger partial charge in [0.05, 0.1) is 11.2 Å². The molecule has 0 aliphatic heterocycles. The number of furan rings is 1. The van der Waals surface area contributed by atoms with Gasteiger partial charge < -0.3 is 15.1 Å². The Bertz CT molecular complexity index is 836. The zero-order chi connectivity index (χ0) is 19.0. The first-order valence-corrected chi connectivity index (χ1v) is 9.94. The lowest BCUT2D eigenvalue weighted by Gasteiger charge is -2.13. The summed E-state index contributed by atoms with van der Waals surface area (Å²) in [6.45, 7) is 5.01. The third-order valence-electron chi connectivity index (χ3n) is 3.81. The van der Waals surface area contributed by atoms with Crippen molar-refractivity contribution in [3.63, 3.8) is 0 Å². The summed E-state index contributed by atoms with van der Waals surface area (Å²) in [5, 5.41) is 6.24. The summed E-state index contributed by atoms with van der Waals surface area (Å²) in [4.78, 5) is 4.43. The van der Waals surface area contributed by atoms with Crippen molar-refractivity contribution in [2.75, 3.05) is 26.7 Å². The van der Waals surface area contributed by atoms with Gasteiger partial charge in [0.1, 0.15) is 5.76 Å². The molecule has 0 amide bonds. The molecule has 0 aliphatic carbocycles. The van der Waals surface area contributed by atoms with Crippen LogP contribution in [0.5, 0.6) is 0 Å². The Morgan fingerprint density at radius 2 is 1.85 bits per heavy atom. The fourth-order valence-corrected chi connectivity index (χ4v) is 3.78. The molecular weight excluding hydrogens is 479 g/mol. The van der Waals surface area contributed by atoms with Gasteiger partial charge in [0, 0.05) is 33.1 Å². The Labute approximate surface area is 178 Å². The predicted octanol–water partition coefficient (Wildman–Crippen LogP) is 2.20. The predicted molar refractivity (Wildman–Crippen MR) is 118 cm³/mol. The summed E-state index contributed by atoms with van der Waals surface area (Å²) in [7, 11) is -1.86. The summed E-state index contributed by atoms with van der Waals surface area (Å²) in [6.07, 6.45) is 2.39. The maximum absolute atomic E-state index is 12.4. The van der Waals surface area contributed by atoms with E-state index in [1.54, 1.807) is 26.3 Å². The molecule has 2 aromatic rings. The number of aryl methyl sites for hydroxylation is 2. The van der Waals surface area contributed by atoms with Crippen LogP contribution in [0.25, 0.3) is 0 Å². The van der Waals surface area contributed by atoms with Crippen LogP contribution in [0.4, 0.5) is 0 Å². The Hall–Kier alpha value is -1.59. The Morgan fingerprint density at radius 3 is 2.52 bits per heavy atom. The summed E-state index contributed by atoms with van der Waals surface area (Å²) < 4.78 is 32.7. The monoisotopic (exact) mass is 506 g/mol. The third-order valence-corrected chi connectivity index (χ3v) is 5.41. The zero-order valence-corrected chi connectivity index (χ0v) is 18.9. The lowest BCUT2D eigenvalue weighted by atomic mass is 10.2. The average molecular weight is 506 g/mol. The van der Waals surface area contributed by atoms with Crippen LogP contribution in [0.1, 0.15) is 16.9 Å². The number of benzene rings is 1. The lowest BCUT2D eigenvalue weighted by molar-refractivity contribution is 0.506. The number of hydrogen-bond acceptors (Lipinski definition) is 4. The van der Waals surface area contributed by atoms with Gasteiger partial charge in [-0.05, 0) is 43.2 Å². The minimum atomic E-state index is -3.53. The lowest BCUT2D eigenvalue weighted by Crippen LogP contribution is -2.42. The van der Waals surface area contributed by atoms with Crippen molar-refractivity contribution in [3.8, 4) is 0 Å². The standard InChI is InChI=1S/C18H26N4O3S.HI/c1-14-6-7-15(2)17(13-14)26(23,24)22-11-10-21-18(19-3)20-9-8-16-5-4-12-25-16;/h4-7,12-13,22H,8-11H2,1-3H3,(H2,19,20,21);1H. The van der Waals surface area contributed by atoms with Gasteiger partial charge in [-0.2, -0.15) is 0 Å². The maximum Gasteiger partial charge on any atom is 0.240 e. The van der Waals surface area contributed by atoms with Crippen molar-refractivity contribution in [3.05, 3.63) is 53.5 Å². The highest BCUT2D eigenvalue weighted by Crippen LogP contribution is 2.16. The number of nitrogens with one attached hydrogen (secondary N) is 3. The highest BCUT2D eigenvalue weighted by molar-refractivity contribution is 14.0. The van der Waals surface area contributed by atoms with E-state index in [2.05, 4.69) is 20.3 Å². The molecular formula is C18H27IN4O3S. The van der Waals surface area contributed by atoms with Crippen LogP contribution in [-0.4, -0.2) is 41.1 Å². The molecule has 0 fully saturated rings. The summed E-state index contributed by atoms with van der Waals surface area (Å²) in [6, 6.07) is 9.16. The molecule has 0 saturated carbocycles. The van der Waals surface area contributed by atoms with E-state index in [-0.39, 0.29) is 30.5 Å². The van der Waals surface area contributed by atoms with E-state index in [9.17, 15) is 8.42 Å². The molecule has 2 rings (SSSR count). The first-order chi connectivity index (χ1) is 12.4. The second-order valence-corrected chi connectivity index (χ2v) is 7.66. The summed E-state index contributed by atoms with van der Waals surface area (Å²) in [5.41, 5.74) is 1.64. The molecule has 0 saturated heterocycles. The van der Waals surface area contributed by atoms with Crippen molar-refractivity contribution in [2.45, 2.75) is 25.2 Å². The number of sulfonamides is 1. The minimum Gasteiger partial charge on any atom is -0.469 e. The fraction of sp³-hybridized carbons (Fsp3) is 0.389. The van der Waals surface area contributed by atoms with Gasteiger partial charge in [-0.25, -0.2) is 13.1 Å². The van der Waals surface area contributed by atoms with Gasteiger partial charge >= 0.3 is 0 Å². The first-order valence-electron chi connectivity index (χ1n) is 8.46. The van der Waals surface area contributed by atoms with E-state index in [1.807, 2.05) is 31.2 Å². The van der Waals surface area contributed by atoms with Crippen molar-refractivity contribution in [1.29, 1.82) is 0 Å². The number of nitrogens with zero attached hydrogens (tertiary/aromatic N) is 1. The molecule has 0 atom stereocenters. The molecule has 150 valence electrons. The van der Waals surface area contributed by atoms with E-state index in [4.69, 9.17) is 4.42 Å². The Morgan fingerprint density at radius 1 is 1.11 bits per heavy atom. The number of hydrogen-bond donors (Lipinski definition) is 3. The molecule has 0 spiro atoms. The first kappa shape index (κ1) is 23.4. The molecule has 0 bridgehead atoms. The number of rotatable bonds is 8. The number of aliphatic imine (C=N–C) groups is 1. The topological polar surface area (TPSA) is 95.7 Å². The van der Waals surface area contributed by atoms with Gasteiger partial charge in [0.25, 0.3) is 0 Å². The quantitative estimate of drug-likeness (QED) is 0.221. The molecule has 0 aliphatic rings. The van der Waals surface area contributed by atoms with Gasteiger partial charge in [0.2, 0.25) is 10.0 Å². The molecule has 1 heterocycles. The van der Waals surface area contributed by atoms with Gasteiger partial charge in [-0.3, -0.25) is 4.99 Å². The second kappa shape index (κ2) is 11.3. The smallest absolute Gasteiger partial charge is 0.240 e. The molecule has 1 aromatic carbocycles. The van der Waals surface area contributed by atoms with E-state index in [0.29, 0.717) is 23.9 Å². The van der Waals surface area contributed by atoms with Crippen LogP contribution in [0.3, 0.4) is 0 Å². The van der Waals surface area contributed by atoms with Crippen LogP contribution >= 0.6 is 24.0 Å². The van der Waals surface area contributed by atoms with Gasteiger partial charge in [-0.1, -0.05) is 12.1 Å². The van der Waals surface area contributed by atoms with Crippen LogP contribution < -0.4 is 15.4 Å². The van der Waals surface area contributed by atoms with Crippen molar-refractivity contribution >= 4 is 40.0 Å². The van der Waals surface area contributed by atoms with E-state index < -0.39 is 10.0 Å². The van der Waals surface area contributed by atoms with Crippen LogP contribution in [0.15, 0.2) is 50.9 Å². The van der Waals surface area contributed by atoms with Crippen molar-refractivity contribution < 1.29 is 12.8 Å². The largest absolute Gasteiger partial charge is 0.469 e. The summed E-state index contributed by atoms with van der Waals surface area (Å²) in [5.74, 6) is 1.51. The van der Waals surface area contributed by atoms with E-state index in [1.165, 1.54) is 0 Å². The number of halogens is 1. The zero-order valence-electron chi connectivity index (χ0n) is 15.8. The molecule has 0 radical (unpaired) electrons. The van der Waals surface area contributed by atoms with E-state index in [0.717, 1.165) is 23.3 Å². The van der Waals surface area contributed by atoms with Crippen LogP contribution in [0, 0.1) is 13.8 Å². The molecule has 9 heteroatoms. The highest BCUT2D eigenvalue weighted by Gasteiger charge is 2.16. The Kier molecular flexibility index (Phi) is 9.81. The second-order valence-electron chi connectivity index (χ2n) is 5.92. The molecule has 0 unspecified atom stereocenters. The van der Waals surface area contributed by atoms with Gasteiger partial charge in [0.15, 0.2) is 5.96 Å². The van der Waals surface area contributed by atoms with Crippen molar-refractivity contribution in [1.82, 2.24) is 15.4 Å². The van der Waals surface area contributed by atoms with Crippen LogP contribution in [0.2, 0.25) is 0 Å². The molecule has 27 heavy (non-hydrogen) atoms. The van der Waals surface area contributed by atoms with Crippen molar-refractivity contribution in [2.24, 2.45) is 4.99 Å². The highest BCUT2D eigenvalue weighted by atomic mass is 127. The SMILES string of the molecule is CN=C(NCCNS(=O)(=O)c1cc(C)ccc1C)NCCc1ccco1.I. The Balaban J connectivity index is 0.00000364. The molecule has 3 N–H and O–H groups in total. The van der Waals surface area contributed by atoms with E-state index >= 15 is 0 Å². The molecule has 1 aromatic heterocycles. The maximum atomic E-state index is 12.4.